The van der Waals surface area contributed by atoms with Gasteiger partial charge in [0.1, 0.15) is 17.7 Å². The first-order valence-electron chi connectivity index (χ1n) is 7.39. The summed E-state index contributed by atoms with van der Waals surface area (Å²) >= 11 is 0. The van der Waals surface area contributed by atoms with Gasteiger partial charge in [-0.25, -0.2) is 9.37 Å². The Morgan fingerprint density at radius 3 is 2.62 bits per heavy atom. The Morgan fingerprint density at radius 1 is 1.19 bits per heavy atom. The van der Waals surface area contributed by atoms with E-state index in [9.17, 15) is 14.0 Å². The van der Waals surface area contributed by atoms with Crippen molar-refractivity contribution in [2.75, 3.05) is 5.32 Å². The third-order valence-electron chi connectivity index (χ3n) is 4.17. The van der Waals surface area contributed by atoms with Gasteiger partial charge in [-0.3, -0.25) is 14.5 Å². The Hall–Kier alpha value is -1.98. The van der Waals surface area contributed by atoms with E-state index in [1.54, 1.807) is 0 Å². The Bertz CT molecular complexity index is 540. The van der Waals surface area contributed by atoms with Crippen molar-refractivity contribution in [2.24, 2.45) is 0 Å². The van der Waals surface area contributed by atoms with Gasteiger partial charge in [0, 0.05) is 6.04 Å². The molecule has 0 spiro atoms. The molecular formula is C15H18FN3O2. The molecule has 5 nitrogen and oxygen atoms in total. The smallest absolute Gasteiger partial charge is 0.252 e. The van der Waals surface area contributed by atoms with E-state index < -0.39 is 11.9 Å². The number of carbonyl (C=O) groups is 2. The number of anilines is 1. The molecule has 3 rings (SSSR count). The molecule has 2 amide bonds. The van der Waals surface area contributed by atoms with Crippen molar-refractivity contribution in [1.82, 2.24) is 9.88 Å². The molecule has 0 radical (unpaired) electrons. The maximum absolute atomic E-state index is 12.8. The number of halogens is 1. The number of rotatable bonds is 3. The van der Waals surface area contributed by atoms with Crippen molar-refractivity contribution in [2.45, 2.75) is 50.6 Å². The molecule has 21 heavy (non-hydrogen) atoms. The second-order valence-corrected chi connectivity index (χ2v) is 5.66. The summed E-state index contributed by atoms with van der Waals surface area (Å²) in [6, 6.07) is 2.20. The number of pyridine rings is 1. The van der Waals surface area contributed by atoms with Crippen LogP contribution in [0.3, 0.4) is 0 Å². The highest BCUT2D eigenvalue weighted by atomic mass is 19.1. The lowest BCUT2D eigenvalue weighted by atomic mass is 9.94. The van der Waals surface area contributed by atoms with Crippen molar-refractivity contribution in [3.05, 3.63) is 24.1 Å². The Labute approximate surface area is 122 Å². The van der Waals surface area contributed by atoms with E-state index in [0.29, 0.717) is 5.82 Å². The van der Waals surface area contributed by atoms with E-state index in [0.717, 1.165) is 31.9 Å². The van der Waals surface area contributed by atoms with Crippen LogP contribution >= 0.6 is 0 Å². The third-order valence-corrected chi connectivity index (χ3v) is 4.17. The standard InChI is InChI=1S/C15H18FN3O2/c16-10-6-7-13(17-9-10)18-12-8-14(20)19(15(12)21)11-4-2-1-3-5-11/h6-7,9,11-12H,1-5,8H2,(H,17,18). The number of hydrogen-bond acceptors (Lipinski definition) is 4. The number of aromatic nitrogens is 1. The zero-order valence-electron chi connectivity index (χ0n) is 11.7. The molecule has 2 fully saturated rings. The van der Waals surface area contributed by atoms with Crippen molar-refractivity contribution in [3.8, 4) is 0 Å². The molecule has 1 saturated carbocycles. The molecule has 6 heteroatoms. The molecule has 1 aliphatic carbocycles. The predicted molar refractivity (Wildman–Crippen MR) is 74.9 cm³/mol. The fourth-order valence-corrected chi connectivity index (χ4v) is 3.13. The Kier molecular flexibility index (Phi) is 3.86. The minimum Gasteiger partial charge on any atom is -0.358 e. The fraction of sp³-hybridized carbons (Fsp3) is 0.533. The number of nitrogens with zero attached hydrogens (tertiary/aromatic N) is 2. The average Bonchev–Trinajstić information content (AvgIpc) is 2.77. The summed E-state index contributed by atoms with van der Waals surface area (Å²) in [5.74, 6) is -0.323. The zero-order chi connectivity index (χ0) is 14.8. The van der Waals surface area contributed by atoms with Gasteiger partial charge in [0.05, 0.1) is 12.6 Å². The van der Waals surface area contributed by atoms with Gasteiger partial charge in [-0.15, -0.1) is 0 Å². The number of nitrogens with one attached hydrogen (secondary N) is 1. The van der Waals surface area contributed by atoms with Crippen LogP contribution in [-0.4, -0.2) is 33.8 Å². The maximum atomic E-state index is 12.8. The second kappa shape index (κ2) is 5.79. The van der Waals surface area contributed by atoms with Crippen LogP contribution in [0.5, 0.6) is 0 Å². The first kappa shape index (κ1) is 14.0. The number of likely N-dealkylation sites (tertiary alicyclic amines) is 1. The monoisotopic (exact) mass is 291 g/mol. The predicted octanol–water partition coefficient (Wildman–Crippen LogP) is 2.09. The van der Waals surface area contributed by atoms with Crippen molar-refractivity contribution in [1.29, 1.82) is 0 Å². The van der Waals surface area contributed by atoms with E-state index in [-0.39, 0.29) is 24.3 Å². The molecule has 1 atom stereocenters. The first-order valence-corrected chi connectivity index (χ1v) is 7.39. The minimum absolute atomic E-state index is 0.0479. The largest absolute Gasteiger partial charge is 0.358 e. The van der Waals surface area contributed by atoms with Crippen LogP contribution in [-0.2, 0) is 9.59 Å². The fourth-order valence-electron chi connectivity index (χ4n) is 3.13. The molecule has 112 valence electrons. The molecule has 0 bridgehead atoms. The number of imide groups is 1. The van der Waals surface area contributed by atoms with Crippen molar-refractivity contribution in [3.63, 3.8) is 0 Å². The van der Waals surface area contributed by atoms with E-state index >= 15 is 0 Å². The molecule has 1 saturated heterocycles. The van der Waals surface area contributed by atoms with Crippen LogP contribution in [0, 0.1) is 5.82 Å². The van der Waals surface area contributed by atoms with Crippen LogP contribution in [0.4, 0.5) is 10.2 Å². The zero-order valence-corrected chi connectivity index (χ0v) is 11.7. The molecule has 1 N–H and O–H groups in total. The van der Waals surface area contributed by atoms with Gasteiger partial charge in [-0.1, -0.05) is 19.3 Å². The highest BCUT2D eigenvalue weighted by Gasteiger charge is 2.42. The summed E-state index contributed by atoms with van der Waals surface area (Å²) in [7, 11) is 0. The second-order valence-electron chi connectivity index (χ2n) is 5.66. The Balaban J connectivity index is 1.69. The summed E-state index contributed by atoms with van der Waals surface area (Å²) < 4.78 is 12.8. The summed E-state index contributed by atoms with van der Waals surface area (Å²) in [6.45, 7) is 0. The maximum Gasteiger partial charge on any atom is 0.252 e. The quantitative estimate of drug-likeness (QED) is 0.866. The van der Waals surface area contributed by atoms with Gasteiger partial charge < -0.3 is 5.32 Å². The van der Waals surface area contributed by atoms with Gasteiger partial charge >= 0.3 is 0 Å². The normalized spacial score (nSPS) is 23.7. The average molecular weight is 291 g/mol. The highest BCUT2D eigenvalue weighted by Crippen LogP contribution is 2.28. The Morgan fingerprint density at radius 2 is 1.95 bits per heavy atom. The van der Waals surface area contributed by atoms with Gasteiger partial charge in [-0.2, -0.15) is 0 Å². The molecule has 1 unspecified atom stereocenters. The van der Waals surface area contributed by atoms with Crippen LogP contribution in [0.2, 0.25) is 0 Å². The molecule has 2 aliphatic rings. The van der Waals surface area contributed by atoms with E-state index in [2.05, 4.69) is 10.3 Å². The molecule has 1 aromatic heterocycles. The highest BCUT2D eigenvalue weighted by molar-refractivity contribution is 6.07. The van der Waals surface area contributed by atoms with Crippen LogP contribution in [0.15, 0.2) is 18.3 Å². The molecule has 1 aliphatic heterocycles. The summed E-state index contributed by atoms with van der Waals surface area (Å²) in [5.41, 5.74) is 0. The summed E-state index contributed by atoms with van der Waals surface area (Å²) in [4.78, 5) is 29.9. The SMILES string of the molecule is O=C1CC(Nc2ccc(F)cn2)C(=O)N1C1CCCCC1. The third kappa shape index (κ3) is 2.89. The number of hydrogen-bond donors (Lipinski definition) is 1. The number of carbonyl (C=O) groups excluding carboxylic acids is 2. The molecule has 2 heterocycles. The summed E-state index contributed by atoms with van der Waals surface area (Å²) in [5, 5.41) is 2.93. The first-order chi connectivity index (χ1) is 10.1. The van der Waals surface area contributed by atoms with Crippen molar-refractivity contribution >= 4 is 17.6 Å². The van der Waals surface area contributed by atoms with E-state index in [1.807, 2.05) is 0 Å². The van der Waals surface area contributed by atoms with Crippen LogP contribution in [0.1, 0.15) is 38.5 Å². The summed E-state index contributed by atoms with van der Waals surface area (Å²) in [6.07, 6.45) is 6.35. The molecule has 0 aromatic carbocycles. The lowest BCUT2D eigenvalue weighted by Gasteiger charge is -2.29. The minimum atomic E-state index is -0.586. The van der Waals surface area contributed by atoms with E-state index in [1.165, 1.54) is 23.5 Å². The topological polar surface area (TPSA) is 62.3 Å². The van der Waals surface area contributed by atoms with Crippen LogP contribution in [0.25, 0.3) is 0 Å². The lowest BCUT2D eigenvalue weighted by molar-refractivity contribution is -0.141. The van der Waals surface area contributed by atoms with Crippen molar-refractivity contribution < 1.29 is 14.0 Å². The van der Waals surface area contributed by atoms with Gasteiger partial charge in [-0.05, 0) is 25.0 Å². The van der Waals surface area contributed by atoms with Gasteiger partial charge in [0.25, 0.3) is 5.91 Å². The molecular weight excluding hydrogens is 273 g/mol. The van der Waals surface area contributed by atoms with Gasteiger partial charge in [0.2, 0.25) is 5.91 Å². The molecule has 1 aromatic rings. The van der Waals surface area contributed by atoms with E-state index in [4.69, 9.17) is 0 Å². The van der Waals surface area contributed by atoms with Crippen LogP contribution < -0.4 is 5.32 Å². The van der Waals surface area contributed by atoms with Gasteiger partial charge in [0.15, 0.2) is 0 Å². The lowest BCUT2D eigenvalue weighted by Crippen LogP contribution is -2.43. The number of amides is 2.